The zero-order chi connectivity index (χ0) is 13.3. The zero-order valence-corrected chi connectivity index (χ0v) is 13.2. The zero-order valence-electron chi connectivity index (χ0n) is 12.4. The van der Waals surface area contributed by atoms with Gasteiger partial charge in [-0.05, 0) is 56.0 Å². The molecule has 1 aromatic carbocycles. The van der Waals surface area contributed by atoms with Gasteiger partial charge in [0, 0.05) is 19.1 Å². The minimum Gasteiger partial charge on any atom is -0.497 e. The predicted octanol–water partition coefficient (Wildman–Crippen LogP) is 2.86. The molecule has 0 aromatic heterocycles. The highest BCUT2D eigenvalue weighted by Crippen LogP contribution is 2.39. The highest BCUT2D eigenvalue weighted by molar-refractivity contribution is 5.85. The highest BCUT2D eigenvalue weighted by Gasteiger charge is 2.41. The predicted molar refractivity (Wildman–Crippen MR) is 84.8 cm³/mol. The Kier molecular flexibility index (Phi) is 4.95. The fourth-order valence-electron chi connectivity index (χ4n) is 3.56. The average Bonchev–Trinajstić information content (AvgIpc) is 3.09. The number of halogens is 1. The second-order valence-corrected chi connectivity index (χ2v) is 6.10. The van der Waals surface area contributed by atoms with Gasteiger partial charge in [-0.15, -0.1) is 12.4 Å². The second-order valence-electron chi connectivity index (χ2n) is 6.10. The Bertz CT molecular complexity index is 446. The van der Waals surface area contributed by atoms with Gasteiger partial charge in [-0.1, -0.05) is 12.1 Å². The van der Waals surface area contributed by atoms with E-state index in [-0.39, 0.29) is 12.4 Å². The minimum absolute atomic E-state index is 0. The van der Waals surface area contributed by atoms with E-state index >= 15 is 0 Å². The molecule has 1 N–H and O–H groups in total. The molecule has 2 saturated heterocycles. The summed E-state index contributed by atoms with van der Waals surface area (Å²) in [7, 11) is 1.73. The van der Waals surface area contributed by atoms with Crippen LogP contribution < -0.4 is 10.1 Å². The molecular weight excluding hydrogens is 272 g/mol. The monoisotopic (exact) mass is 296 g/mol. The topological polar surface area (TPSA) is 24.5 Å². The van der Waals surface area contributed by atoms with Crippen LogP contribution in [0.5, 0.6) is 5.75 Å². The first-order valence-electron chi connectivity index (χ1n) is 7.31. The molecule has 112 valence electrons. The Morgan fingerprint density at radius 1 is 1.35 bits per heavy atom. The van der Waals surface area contributed by atoms with Crippen LogP contribution in [0.4, 0.5) is 0 Å². The normalized spacial score (nSPS) is 27.5. The molecule has 0 amide bonds. The molecule has 4 heteroatoms. The number of methoxy groups -OCH3 is 1. The first-order valence-corrected chi connectivity index (χ1v) is 7.31. The van der Waals surface area contributed by atoms with Gasteiger partial charge in [-0.2, -0.15) is 0 Å². The van der Waals surface area contributed by atoms with Crippen molar-refractivity contribution >= 4 is 12.4 Å². The van der Waals surface area contributed by atoms with Crippen molar-refractivity contribution in [2.75, 3.05) is 33.3 Å². The second kappa shape index (κ2) is 6.33. The molecule has 20 heavy (non-hydrogen) atoms. The van der Waals surface area contributed by atoms with E-state index in [1.807, 2.05) is 6.07 Å². The Labute approximate surface area is 128 Å². The molecule has 0 bridgehead atoms. The van der Waals surface area contributed by atoms with E-state index in [9.17, 15) is 0 Å². The molecule has 2 aliphatic rings. The first kappa shape index (κ1) is 15.6. The number of ether oxygens (including phenoxy) is 1. The van der Waals surface area contributed by atoms with Crippen LogP contribution in [0, 0.1) is 5.41 Å². The molecule has 2 atom stereocenters. The third kappa shape index (κ3) is 2.95. The standard InChI is InChI=1S/C16H24N2O.ClH/c1-13(14-4-3-5-15(10-14)19-2)18-9-7-16(12-18)6-8-17-11-16;/h3-5,10,13,17H,6-9,11-12H2,1-2H3;1H. The van der Waals surface area contributed by atoms with E-state index in [1.54, 1.807) is 7.11 Å². The number of likely N-dealkylation sites (tertiary alicyclic amines) is 1. The molecule has 1 spiro atoms. The summed E-state index contributed by atoms with van der Waals surface area (Å²) in [5, 5.41) is 3.53. The molecule has 0 radical (unpaired) electrons. The van der Waals surface area contributed by atoms with Crippen molar-refractivity contribution in [3.8, 4) is 5.75 Å². The Balaban J connectivity index is 0.00000147. The van der Waals surface area contributed by atoms with E-state index < -0.39 is 0 Å². The summed E-state index contributed by atoms with van der Waals surface area (Å²) in [4.78, 5) is 2.63. The fourth-order valence-corrected chi connectivity index (χ4v) is 3.56. The third-order valence-electron chi connectivity index (χ3n) is 4.92. The van der Waals surface area contributed by atoms with Gasteiger partial charge < -0.3 is 10.1 Å². The number of rotatable bonds is 3. The van der Waals surface area contributed by atoms with Crippen molar-refractivity contribution in [2.24, 2.45) is 5.41 Å². The average molecular weight is 297 g/mol. The Morgan fingerprint density at radius 3 is 2.90 bits per heavy atom. The van der Waals surface area contributed by atoms with Gasteiger partial charge in [-0.3, -0.25) is 4.90 Å². The van der Waals surface area contributed by atoms with E-state index in [0.29, 0.717) is 11.5 Å². The van der Waals surface area contributed by atoms with Gasteiger partial charge in [0.1, 0.15) is 5.75 Å². The summed E-state index contributed by atoms with van der Waals surface area (Å²) in [5.74, 6) is 0.959. The summed E-state index contributed by atoms with van der Waals surface area (Å²) >= 11 is 0. The molecule has 2 heterocycles. The maximum atomic E-state index is 5.33. The lowest BCUT2D eigenvalue weighted by Crippen LogP contribution is -2.30. The molecule has 2 unspecified atom stereocenters. The van der Waals surface area contributed by atoms with E-state index in [1.165, 1.54) is 44.6 Å². The molecule has 0 saturated carbocycles. The van der Waals surface area contributed by atoms with Crippen molar-refractivity contribution < 1.29 is 4.74 Å². The summed E-state index contributed by atoms with van der Waals surface area (Å²) in [6, 6.07) is 8.97. The van der Waals surface area contributed by atoms with E-state index in [0.717, 1.165) is 5.75 Å². The van der Waals surface area contributed by atoms with Crippen molar-refractivity contribution in [3.05, 3.63) is 29.8 Å². The lowest BCUT2D eigenvalue weighted by Gasteiger charge is -2.28. The molecule has 2 aliphatic heterocycles. The molecule has 3 rings (SSSR count). The summed E-state index contributed by atoms with van der Waals surface area (Å²) in [5.41, 5.74) is 1.91. The van der Waals surface area contributed by atoms with Crippen molar-refractivity contribution in [1.82, 2.24) is 10.2 Å². The van der Waals surface area contributed by atoms with Crippen LogP contribution in [0.15, 0.2) is 24.3 Å². The summed E-state index contributed by atoms with van der Waals surface area (Å²) in [6.07, 6.45) is 2.68. The van der Waals surface area contributed by atoms with E-state index in [4.69, 9.17) is 4.74 Å². The smallest absolute Gasteiger partial charge is 0.119 e. The lowest BCUT2D eigenvalue weighted by atomic mass is 9.86. The highest BCUT2D eigenvalue weighted by atomic mass is 35.5. The van der Waals surface area contributed by atoms with Crippen molar-refractivity contribution in [1.29, 1.82) is 0 Å². The number of benzene rings is 1. The minimum atomic E-state index is 0. The summed E-state index contributed by atoms with van der Waals surface area (Å²) in [6.45, 7) is 7.17. The number of hydrogen-bond donors (Lipinski definition) is 1. The SMILES string of the molecule is COc1cccc(C(C)N2CCC3(CCNC3)C2)c1.Cl. The largest absolute Gasteiger partial charge is 0.497 e. The quantitative estimate of drug-likeness (QED) is 0.928. The molecular formula is C16H25ClN2O. The van der Waals surface area contributed by atoms with Crippen molar-refractivity contribution in [2.45, 2.75) is 25.8 Å². The molecule has 2 fully saturated rings. The van der Waals surface area contributed by atoms with Crippen LogP contribution in [-0.4, -0.2) is 38.2 Å². The first-order chi connectivity index (χ1) is 9.22. The maximum absolute atomic E-state index is 5.33. The van der Waals surface area contributed by atoms with Crippen LogP contribution in [0.1, 0.15) is 31.4 Å². The third-order valence-corrected chi connectivity index (χ3v) is 4.92. The van der Waals surface area contributed by atoms with Crippen LogP contribution in [0.3, 0.4) is 0 Å². The van der Waals surface area contributed by atoms with Gasteiger partial charge in [0.2, 0.25) is 0 Å². The van der Waals surface area contributed by atoms with Crippen LogP contribution in [0.25, 0.3) is 0 Å². The molecule has 3 nitrogen and oxygen atoms in total. The van der Waals surface area contributed by atoms with Gasteiger partial charge in [-0.25, -0.2) is 0 Å². The Hall–Kier alpha value is -0.770. The number of nitrogens with one attached hydrogen (secondary N) is 1. The maximum Gasteiger partial charge on any atom is 0.119 e. The van der Waals surface area contributed by atoms with E-state index in [2.05, 4.69) is 35.3 Å². The van der Waals surface area contributed by atoms with Gasteiger partial charge in [0.15, 0.2) is 0 Å². The lowest BCUT2D eigenvalue weighted by molar-refractivity contribution is 0.223. The van der Waals surface area contributed by atoms with Crippen LogP contribution in [0.2, 0.25) is 0 Å². The van der Waals surface area contributed by atoms with Crippen molar-refractivity contribution in [3.63, 3.8) is 0 Å². The van der Waals surface area contributed by atoms with Crippen LogP contribution >= 0.6 is 12.4 Å². The summed E-state index contributed by atoms with van der Waals surface area (Å²) < 4.78 is 5.33. The number of hydrogen-bond acceptors (Lipinski definition) is 3. The molecule has 0 aliphatic carbocycles. The van der Waals surface area contributed by atoms with Gasteiger partial charge in [0.05, 0.1) is 7.11 Å². The fraction of sp³-hybridized carbons (Fsp3) is 0.625. The van der Waals surface area contributed by atoms with Gasteiger partial charge in [0.25, 0.3) is 0 Å². The Morgan fingerprint density at radius 2 is 2.20 bits per heavy atom. The van der Waals surface area contributed by atoms with Crippen LogP contribution in [-0.2, 0) is 0 Å². The molecule has 1 aromatic rings. The van der Waals surface area contributed by atoms with Gasteiger partial charge >= 0.3 is 0 Å². The number of nitrogens with zero attached hydrogens (tertiary/aromatic N) is 1.